The third-order valence-electron chi connectivity index (χ3n) is 4.49. The number of rotatable bonds is 5. The average molecular weight is 350 g/mol. The Morgan fingerprint density at radius 2 is 2.17 bits per heavy atom. The van der Waals surface area contributed by atoms with Crippen molar-refractivity contribution in [3.63, 3.8) is 0 Å². The molecule has 6 nitrogen and oxygen atoms in total. The van der Waals surface area contributed by atoms with Crippen molar-refractivity contribution in [1.29, 1.82) is 0 Å². The molecule has 2 heterocycles. The summed E-state index contributed by atoms with van der Waals surface area (Å²) in [7, 11) is 0. The van der Waals surface area contributed by atoms with Gasteiger partial charge in [-0.15, -0.1) is 11.3 Å². The molecule has 1 aromatic rings. The van der Waals surface area contributed by atoms with Gasteiger partial charge in [0.25, 0.3) is 0 Å². The third kappa shape index (κ3) is 4.47. The van der Waals surface area contributed by atoms with Crippen LogP contribution in [0.25, 0.3) is 0 Å². The highest BCUT2D eigenvalue weighted by Gasteiger charge is 2.30. The van der Waals surface area contributed by atoms with Crippen molar-refractivity contribution in [1.82, 2.24) is 15.2 Å². The van der Waals surface area contributed by atoms with Gasteiger partial charge in [-0.25, -0.2) is 9.78 Å². The number of nitrogens with one attached hydrogen (secondary N) is 2. The Balaban J connectivity index is 1.51. The van der Waals surface area contributed by atoms with Crippen LogP contribution in [-0.4, -0.2) is 41.5 Å². The normalized spacial score (nSPS) is 21.0. The van der Waals surface area contributed by atoms with Crippen molar-refractivity contribution in [2.45, 2.75) is 45.4 Å². The monoisotopic (exact) mass is 350 g/mol. The van der Waals surface area contributed by atoms with E-state index in [1.807, 2.05) is 5.38 Å². The van der Waals surface area contributed by atoms with Gasteiger partial charge in [0.1, 0.15) is 0 Å². The van der Waals surface area contributed by atoms with Gasteiger partial charge >= 0.3 is 6.03 Å². The Bertz CT molecular complexity index is 597. The van der Waals surface area contributed by atoms with E-state index in [1.54, 1.807) is 4.90 Å². The second-order valence-corrected chi connectivity index (χ2v) is 8.06. The lowest BCUT2D eigenvalue weighted by atomic mass is 9.97. The van der Waals surface area contributed by atoms with E-state index < -0.39 is 0 Å². The molecule has 3 rings (SSSR count). The van der Waals surface area contributed by atoms with E-state index in [0.29, 0.717) is 30.1 Å². The first-order valence-electron chi connectivity index (χ1n) is 8.82. The van der Waals surface area contributed by atoms with Crippen LogP contribution in [0.2, 0.25) is 0 Å². The van der Waals surface area contributed by atoms with Crippen LogP contribution in [0.15, 0.2) is 5.38 Å². The Kier molecular flexibility index (Phi) is 5.38. The van der Waals surface area contributed by atoms with Crippen molar-refractivity contribution >= 4 is 28.4 Å². The van der Waals surface area contributed by atoms with Gasteiger partial charge in [-0.3, -0.25) is 4.79 Å². The van der Waals surface area contributed by atoms with Crippen molar-refractivity contribution in [2.24, 2.45) is 11.8 Å². The lowest BCUT2D eigenvalue weighted by Gasteiger charge is -2.32. The first kappa shape index (κ1) is 17.2. The highest BCUT2D eigenvalue weighted by Crippen LogP contribution is 2.40. The number of carbonyl (C=O) groups excluding carboxylic acids is 2. The standard InChI is InChI=1S/C17H26N4O2S/c1-11(2)8-18-17(23)21-7-3-4-13(9-21)15(22)20-16-19-14(10-24-16)12-5-6-12/h10-13H,3-9H2,1-2H3,(H,18,23)(H,19,20,22)/t13-/m1/s1. The number of nitrogens with zero attached hydrogens (tertiary/aromatic N) is 2. The summed E-state index contributed by atoms with van der Waals surface area (Å²) in [5.41, 5.74) is 1.11. The highest BCUT2D eigenvalue weighted by atomic mass is 32.1. The van der Waals surface area contributed by atoms with Crippen LogP contribution in [0.4, 0.5) is 9.93 Å². The van der Waals surface area contributed by atoms with Crippen LogP contribution >= 0.6 is 11.3 Å². The summed E-state index contributed by atoms with van der Waals surface area (Å²) in [6.07, 6.45) is 4.10. The van der Waals surface area contributed by atoms with Gasteiger partial charge in [0.15, 0.2) is 5.13 Å². The van der Waals surface area contributed by atoms with Crippen LogP contribution in [-0.2, 0) is 4.79 Å². The molecular weight excluding hydrogens is 324 g/mol. The molecule has 132 valence electrons. The molecule has 0 spiro atoms. The summed E-state index contributed by atoms with van der Waals surface area (Å²) in [5.74, 6) is 0.843. The van der Waals surface area contributed by atoms with Crippen LogP contribution in [0.3, 0.4) is 0 Å². The first-order valence-corrected chi connectivity index (χ1v) is 9.70. The van der Waals surface area contributed by atoms with Gasteiger partial charge in [0.2, 0.25) is 5.91 Å². The molecule has 0 radical (unpaired) electrons. The Labute approximate surface area is 147 Å². The number of amides is 3. The molecule has 1 saturated carbocycles. The summed E-state index contributed by atoms with van der Waals surface area (Å²) in [5, 5.41) is 8.59. The number of urea groups is 1. The topological polar surface area (TPSA) is 74.3 Å². The summed E-state index contributed by atoms with van der Waals surface area (Å²) < 4.78 is 0. The lowest BCUT2D eigenvalue weighted by Crippen LogP contribution is -2.48. The fourth-order valence-corrected chi connectivity index (χ4v) is 3.69. The minimum atomic E-state index is -0.156. The van der Waals surface area contributed by atoms with E-state index in [-0.39, 0.29) is 17.9 Å². The minimum Gasteiger partial charge on any atom is -0.338 e. The molecule has 1 aromatic heterocycles. The van der Waals surface area contributed by atoms with E-state index in [1.165, 1.54) is 24.2 Å². The van der Waals surface area contributed by atoms with Crippen LogP contribution in [0.5, 0.6) is 0 Å². The van der Waals surface area contributed by atoms with Crippen molar-refractivity contribution in [3.8, 4) is 0 Å². The molecule has 2 fully saturated rings. The first-order chi connectivity index (χ1) is 11.5. The maximum atomic E-state index is 12.5. The van der Waals surface area contributed by atoms with Crippen molar-refractivity contribution in [3.05, 3.63) is 11.1 Å². The van der Waals surface area contributed by atoms with Crippen LogP contribution in [0.1, 0.15) is 51.1 Å². The number of piperidine rings is 1. The number of hydrogen-bond donors (Lipinski definition) is 2. The molecule has 24 heavy (non-hydrogen) atoms. The Morgan fingerprint density at radius 1 is 1.38 bits per heavy atom. The zero-order valence-corrected chi connectivity index (χ0v) is 15.2. The second kappa shape index (κ2) is 7.51. The molecule has 0 bridgehead atoms. The van der Waals surface area contributed by atoms with Crippen molar-refractivity contribution in [2.75, 3.05) is 25.0 Å². The minimum absolute atomic E-state index is 0.0203. The number of carbonyl (C=O) groups is 2. The maximum Gasteiger partial charge on any atom is 0.317 e. The predicted octanol–water partition coefficient (Wildman–Crippen LogP) is 3.04. The maximum absolute atomic E-state index is 12.5. The van der Waals surface area contributed by atoms with Gasteiger partial charge in [0, 0.05) is 30.9 Å². The van der Waals surface area contributed by atoms with Gasteiger partial charge in [-0.2, -0.15) is 0 Å². The molecule has 0 aromatic carbocycles. The summed E-state index contributed by atoms with van der Waals surface area (Å²) in [6, 6.07) is -0.0635. The van der Waals surface area contributed by atoms with Gasteiger partial charge in [0.05, 0.1) is 11.6 Å². The van der Waals surface area contributed by atoms with Crippen molar-refractivity contribution < 1.29 is 9.59 Å². The van der Waals surface area contributed by atoms with E-state index in [4.69, 9.17) is 0 Å². The van der Waals surface area contributed by atoms with E-state index >= 15 is 0 Å². The van der Waals surface area contributed by atoms with Gasteiger partial charge in [-0.05, 0) is 31.6 Å². The summed E-state index contributed by atoms with van der Waals surface area (Å²) in [4.78, 5) is 30.9. The molecule has 1 atom stereocenters. The molecule has 2 aliphatic rings. The number of hydrogen-bond acceptors (Lipinski definition) is 4. The quantitative estimate of drug-likeness (QED) is 0.857. The summed E-state index contributed by atoms with van der Waals surface area (Å²) in [6.45, 7) is 6.00. The molecule has 0 unspecified atom stereocenters. The highest BCUT2D eigenvalue weighted by molar-refractivity contribution is 7.13. The van der Waals surface area contributed by atoms with Gasteiger partial charge in [-0.1, -0.05) is 13.8 Å². The predicted molar refractivity (Wildman–Crippen MR) is 95.3 cm³/mol. The van der Waals surface area contributed by atoms with Gasteiger partial charge < -0.3 is 15.5 Å². The fourth-order valence-electron chi connectivity index (χ4n) is 2.90. The largest absolute Gasteiger partial charge is 0.338 e. The fraction of sp³-hybridized carbons (Fsp3) is 0.706. The van der Waals surface area contributed by atoms with E-state index in [0.717, 1.165) is 25.1 Å². The average Bonchev–Trinajstić information content (AvgIpc) is 3.32. The van der Waals surface area contributed by atoms with E-state index in [2.05, 4.69) is 29.5 Å². The van der Waals surface area contributed by atoms with Crippen LogP contribution < -0.4 is 10.6 Å². The van der Waals surface area contributed by atoms with Crippen LogP contribution in [0, 0.1) is 11.8 Å². The molecular formula is C17H26N4O2S. The number of anilines is 1. The molecule has 7 heteroatoms. The number of likely N-dealkylation sites (tertiary alicyclic amines) is 1. The third-order valence-corrected chi connectivity index (χ3v) is 5.26. The zero-order chi connectivity index (χ0) is 17.1. The number of thiazole rings is 1. The lowest BCUT2D eigenvalue weighted by molar-refractivity contribution is -0.121. The summed E-state index contributed by atoms with van der Waals surface area (Å²) >= 11 is 1.49. The Morgan fingerprint density at radius 3 is 2.88 bits per heavy atom. The zero-order valence-electron chi connectivity index (χ0n) is 14.4. The molecule has 3 amide bonds. The molecule has 2 N–H and O–H groups in total. The smallest absolute Gasteiger partial charge is 0.317 e. The Hall–Kier alpha value is -1.63. The van der Waals surface area contributed by atoms with E-state index in [9.17, 15) is 9.59 Å². The SMILES string of the molecule is CC(C)CNC(=O)N1CCC[C@@H](C(=O)Nc2nc(C3CC3)cs2)C1. The molecule has 1 aliphatic carbocycles. The molecule has 1 aliphatic heterocycles. The number of aromatic nitrogens is 1. The second-order valence-electron chi connectivity index (χ2n) is 7.21. The molecule has 1 saturated heterocycles.